The van der Waals surface area contributed by atoms with Gasteiger partial charge in [-0.1, -0.05) is 142 Å². The minimum absolute atomic E-state index is 0.00279. The number of likely N-dealkylation sites (tertiary alicyclic amines) is 5. The minimum atomic E-state index is -0.754. The highest BCUT2D eigenvalue weighted by Gasteiger charge is 2.50. The van der Waals surface area contributed by atoms with E-state index in [9.17, 15) is 14.4 Å². The summed E-state index contributed by atoms with van der Waals surface area (Å²) in [5.74, 6) is 6.03. The number of carbonyl (C=O) groups is 10. The van der Waals surface area contributed by atoms with E-state index in [1.54, 1.807) is 6.20 Å². The van der Waals surface area contributed by atoms with Gasteiger partial charge in [-0.25, -0.2) is 15.0 Å². The van der Waals surface area contributed by atoms with Crippen LogP contribution in [0, 0.1) is 94.2 Å². The smallest absolute Gasteiger partial charge is 0.245 e. The van der Waals surface area contributed by atoms with Crippen molar-refractivity contribution in [3.05, 3.63) is 54.7 Å². The summed E-state index contributed by atoms with van der Waals surface area (Å²) in [4.78, 5) is 192. The van der Waals surface area contributed by atoms with Crippen molar-refractivity contribution in [2.24, 2.45) is 108 Å². The average molecular weight is 2060 g/mol. The molecule has 148 heavy (non-hydrogen) atoms. The van der Waals surface area contributed by atoms with Crippen LogP contribution in [0.5, 0.6) is 0 Å². The van der Waals surface area contributed by atoms with E-state index in [1.165, 1.54) is 12.8 Å². The topological polar surface area (TPSA) is 331 Å². The summed E-state index contributed by atoms with van der Waals surface area (Å²) in [6, 6.07) is -5.63. The van der Waals surface area contributed by atoms with Crippen molar-refractivity contribution in [1.82, 2.24) is 110 Å². The molecule has 0 aromatic carbocycles. The summed E-state index contributed by atoms with van der Waals surface area (Å²) >= 11 is 0. The maximum atomic E-state index is 15.8. The third-order valence-electron chi connectivity index (χ3n) is 36.8. The van der Waals surface area contributed by atoms with Crippen LogP contribution >= 0.6 is 0 Å². The van der Waals surface area contributed by atoms with E-state index in [1.807, 2.05) is 89.2 Å². The summed E-state index contributed by atoms with van der Waals surface area (Å²) in [5.41, 5.74) is 0.0330. The van der Waals surface area contributed by atoms with Crippen LogP contribution in [0.4, 0.5) is 0 Å². The van der Waals surface area contributed by atoms with Crippen LogP contribution in [0.15, 0.2) is 37.2 Å². The lowest BCUT2D eigenvalue weighted by Gasteiger charge is -2.44. The van der Waals surface area contributed by atoms with Crippen molar-refractivity contribution in [1.29, 1.82) is 0 Å². The number of aromatic amines is 1. The van der Waals surface area contributed by atoms with Gasteiger partial charge in [0.2, 0.25) is 59.1 Å². The van der Waals surface area contributed by atoms with Gasteiger partial charge in [0.15, 0.2) is 0 Å². The summed E-state index contributed by atoms with van der Waals surface area (Å²) in [5, 5.41) is 18.0. The predicted molar refractivity (Wildman–Crippen MR) is 583 cm³/mol. The molecule has 13 rings (SSSR count). The second-order valence-corrected chi connectivity index (χ2v) is 50.6. The zero-order valence-electron chi connectivity index (χ0n) is 94.9. The molecule has 0 saturated carbocycles. The van der Waals surface area contributed by atoms with Crippen molar-refractivity contribution < 1.29 is 47.9 Å². The van der Waals surface area contributed by atoms with Crippen LogP contribution in [-0.4, -0.2) is 354 Å². The lowest BCUT2D eigenvalue weighted by Crippen LogP contribution is -2.63. The summed E-state index contributed by atoms with van der Waals surface area (Å²) in [7, 11) is 8.30. The lowest BCUT2D eigenvalue weighted by atomic mass is 9.77. The Morgan fingerprint density at radius 1 is 0.358 bits per heavy atom. The molecule has 32 nitrogen and oxygen atoms in total. The van der Waals surface area contributed by atoms with Gasteiger partial charge in [0.25, 0.3) is 0 Å². The van der Waals surface area contributed by atoms with Gasteiger partial charge in [0, 0.05) is 201 Å². The van der Waals surface area contributed by atoms with E-state index in [4.69, 9.17) is 0 Å². The molecule has 6 N–H and O–H groups in total. The maximum absolute atomic E-state index is 15.8. The molecule has 3 aromatic rings. The highest BCUT2D eigenvalue weighted by atomic mass is 16.2. The molecule has 10 aliphatic rings. The van der Waals surface area contributed by atoms with Crippen LogP contribution in [0.25, 0.3) is 0 Å². The normalized spacial score (nSPS) is 24.6. The van der Waals surface area contributed by atoms with Gasteiger partial charge >= 0.3 is 0 Å². The Morgan fingerprint density at radius 2 is 0.696 bits per heavy atom. The SMILES string of the molecule is CC(C)CCC1CCN(C(=O)[C@H](CC(C)C(C)C[C@@H]2NCCN([C@@H](CC(C)C(C)C[C@@H]3NCCN([C@@H](CC(C)CCC(C)C[C@@H]4NCCN([C@@H](CC(C)CCC(C)C[C@@H]5NCCN([C@@H](CC(C)C)C(=O)N6CCC(C)(Cc7nccn7C)CC6)C5=O)C(=O)N5CCC(CCCN(C)C)CC5)C4=O)C(=O)N4CCC(Cc5ncc[nH]5)CC4)C3=O)C(=O)N3CCC(Cc4nccn4C)CC3)C2=O)N2CCN[C@@H](CC(C)C)C2=O)CC1. The first-order chi connectivity index (χ1) is 70.7. The molecular formula is C116H198N22O10. The fourth-order valence-corrected chi connectivity index (χ4v) is 26.4. The van der Waals surface area contributed by atoms with Gasteiger partial charge in [-0.3, -0.25) is 47.9 Å². The number of carbonyl (C=O) groups excluding carboxylic acids is 10. The van der Waals surface area contributed by atoms with Gasteiger partial charge in [0.1, 0.15) is 47.7 Å². The van der Waals surface area contributed by atoms with Gasteiger partial charge in [-0.15, -0.1) is 0 Å². The number of aromatic nitrogens is 6. The molecule has 10 saturated heterocycles. The molecule has 13 heterocycles. The van der Waals surface area contributed by atoms with Gasteiger partial charge < -0.3 is 94.6 Å². The number of amides is 10. The highest BCUT2D eigenvalue weighted by molar-refractivity contribution is 5.94. The van der Waals surface area contributed by atoms with Gasteiger partial charge in [-0.2, -0.15) is 0 Å². The van der Waals surface area contributed by atoms with Crippen LogP contribution < -0.4 is 26.6 Å². The lowest BCUT2D eigenvalue weighted by molar-refractivity contribution is -0.151. The number of aryl methyl sites for hydroxylation is 2. The number of hydrogen-bond acceptors (Lipinski definition) is 19. The Bertz CT molecular complexity index is 4650. The number of imidazole rings is 3. The van der Waals surface area contributed by atoms with Gasteiger partial charge in [-0.05, 0) is 256 Å². The first-order valence-electron chi connectivity index (χ1n) is 58.9. The molecule has 8 unspecified atom stereocenters. The molecule has 10 fully saturated rings. The van der Waals surface area contributed by atoms with Crippen molar-refractivity contribution in [2.45, 2.75) is 363 Å². The Kier molecular flexibility index (Phi) is 44.1. The van der Waals surface area contributed by atoms with E-state index < -0.39 is 54.4 Å². The fourth-order valence-electron chi connectivity index (χ4n) is 26.4. The standard InChI is InChI=1S/C116H198N22O10/c1-78(2)22-27-90-30-50-130(51-31-90)114(147)101(137-63-42-117-93(106(137)139)65-79(3)4)73-87(13)86(12)72-97-110(143)138(64-46-121-97)102(115(148)132-54-34-92(35-55-132)76-104-124-40-58-127(104)18)74-88(14)85(11)71-96-109(142)136(62-45-120-96)100(113(146)131-52-32-91(33-53-131)75-103-122-38-39-123-103)70-84(10)26-24-82(8)68-95-108(141)135(61-44-119-95)99(112(145)129-48-28-89(29-49-129)21-20-47-126(16)17)69-83(9)25-23-81(7)67-94-107(140)134(60-43-118-94)98(66-80(5)6)111(144)133-56-36-116(15,37-57-133)77-105-125-41-59-128(105)19/h38-41,58-59,78-102,117-121H,20-37,42-57,60-77H2,1-19H3,(H,122,123)/t81?,82?,83?,84?,85?,86?,87?,88?,93-,94-,95-,96-,97-,98-,99-,100-,101-,102-/m0/s1. The Labute approximate surface area is 889 Å². The molecule has 0 radical (unpaired) electrons. The number of rotatable bonds is 51. The zero-order chi connectivity index (χ0) is 106. The molecule has 3 aromatic heterocycles. The summed E-state index contributed by atoms with van der Waals surface area (Å²) in [6.45, 7) is 45.4. The molecular weight excluding hydrogens is 1860 g/mol. The Morgan fingerprint density at radius 3 is 1.05 bits per heavy atom. The van der Waals surface area contributed by atoms with Crippen molar-refractivity contribution >= 4 is 59.1 Å². The van der Waals surface area contributed by atoms with E-state index in [0.29, 0.717) is 231 Å². The number of nitrogens with zero attached hydrogens (tertiary/aromatic N) is 16. The first kappa shape index (κ1) is 117. The van der Waals surface area contributed by atoms with Crippen LogP contribution in [-0.2, 0) is 81.3 Å². The summed E-state index contributed by atoms with van der Waals surface area (Å²) < 4.78 is 4.16. The maximum Gasteiger partial charge on any atom is 0.245 e. The predicted octanol–water partition coefficient (Wildman–Crippen LogP) is 12.0. The molecule has 10 amide bonds. The molecule has 832 valence electrons. The molecule has 32 heteroatoms. The van der Waals surface area contributed by atoms with Gasteiger partial charge in [0.05, 0.1) is 30.2 Å². The van der Waals surface area contributed by atoms with Crippen LogP contribution in [0.1, 0.15) is 301 Å². The van der Waals surface area contributed by atoms with Crippen LogP contribution in [0.2, 0.25) is 0 Å². The average Bonchev–Trinajstić information content (AvgIpc) is 1.12. The third-order valence-corrected chi connectivity index (χ3v) is 36.8. The largest absolute Gasteiger partial charge is 0.349 e. The highest BCUT2D eigenvalue weighted by Crippen LogP contribution is 2.40. The fraction of sp³-hybridized carbons (Fsp3) is 0.836. The number of nitrogens with one attached hydrogen (secondary N) is 6. The van der Waals surface area contributed by atoms with E-state index in [0.717, 1.165) is 146 Å². The van der Waals surface area contributed by atoms with Crippen molar-refractivity contribution in [3.63, 3.8) is 0 Å². The van der Waals surface area contributed by atoms with Crippen molar-refractivity contribution in [3.8, 4) is 0 Å². The summed E-state index contributed by atoms with van der Waals surface area (Å²) in [6.07, 6.45) is 35.9. The number of piperidine rings is 5. The second kappa shape index (κ2) is 55.8. The molecule has 10 aliphatic heterocycles. The number of piperazine rings is 5. The molecule has 0 bridgehead atoms. The monoisotopic (exact) mass is 2060 g/mol. The second-order valence-electron chi connectivity index (χ2n) is 50.6. The first-order valence-corrected chi connectivity index (χ1v) is 58.9. The zero-order valence-corrected chi connectivity index (χ0v) is 94.9. The molecule has 0 spiro atoms. The van der Waals surface area contributed by atoms with Crippen LogP contribution in [0.3, 0.4) is 0 Å². The Balaban J connectivity index is 0.652. The Hall–Kier alpha value is -7.91. The third kappa shape index (κ3) is 32.4. The minimum Gasteiger partial charge on any atom is -0.349 e. The van der Waals surface area contributed by atoms with E-state index in [-0.39, 0.29) is 124 Å². The van der Waals surface area contributed by atoms with E-state index in [2.05, 4.69) is 183 Å². The van der Waals surface area contributed by atoms with Crippen molar-refractivity contribution in [2.75, 3.05) is 152 Å². The number of H-pyrrole nitrogens is 1. The quantitative estimate of drug-likeness (QED) is 0.0306. The van der Waals surface area contributed by atoms with E-state index >= 15 is 33.6 Å². The molecule has 18 atom stereocenters. The number of hydrogen-bond donors (Lipinski definition) is 6. The molecule has 0 aliphatic carbocycles.